The van der Waals surface area contributed by atoms with Crippen molar-refractivity contribution in [2.75, 3.05) is 18.0 Å². The molecule has 1 saturated heterocycles. The van der Waals surface area contributed by atoms with Gasteiger partial charge in [0.1, 0.15) is 5.82 Å². The second-order valence-electron chi connectivity index (χ2n) is 3.90. The van der Waals surface area contributed by atoms with Crippen molar-refractivity contribution < 1.29 is 5.11 Å². The summed E-state index contributed by atoms with van der Waals surface area (Å²) in [4.78, 5) is 10.5. The standard InChI is InChI=1S/C10H15N3O/c1-3-10(14)6-13(7-10)9-8(2)11-4-5-12-9/h4-5,14H,3,6-7H2,1-2H3. The SMILES string of the molecule is CCC1(O)CN(c2nccnc2C)C1. The Kier molecular flexibility index (Phi) is 2.15. The highest BCUT2D eigenvalue weighted by molar-refractivity contribution is 5.46. The summed E-state index contributed by atoms with van der Waals surface area (Å²) in [5.74, 6) is 0.894. The Morgan fingerprint density at radius 2 is 2.07 bits per heavy atom. The van der Waals surface area contributed by atoms with E-state index in [1.807, 2.05) is 13.8 Å². The molecule has 1 aliphatic heterocycles. The maximum atomic E-state index is 9.85. The molecule has 1 N–H and O–H groups in total. The Bertz CT molecular complexity index is 334. The van der Waals surface area contributed by atoms with E-state index < -0.39 is 5.60 Å². The van der Waals surface area contributed by atoms with Crippen LogP contribution in [0, 0.1) is 6.92 Å². The second-order valence-corrected chi connectivity index (χ2v) is 3.90. The van der Waals surface area contributed by atoms with Crippen molar-refractivity contribution in [3.8, 4) is 0 Å². The number of anilines is 1. The van der Waals surface area contributed by atoms with Gasteiger partial charge in [0.2, 0.25) is 0 Å². The van der Waals surface area contributed by atoms with E-state index in [0.717, 1.165) is 17.9 Å². The van der Waals surface area contributed by atoms with E-state index >= 15 is 0 Å². The molecule has 2 rings (SSSR count). The van der Waals surface area contributed by atoms with Crippen molar-refractivity contribution in [3.63, 3.8) is 0 Å². The van der Waals surface area contributed by atoms with Crippen LogP contribution in [0.2, 0.25) is 0 Å². The lowest BCUT2D eigenvalue weighted by Gasteiger charge is -2.47. The van der Waals surface area contributed by atoms with Crippen LogP contribution in [0.3, 0.4) is 0 Å². The van der Waals surface area contributed by atoms with Crippen molar-refractivity contribution in [1.29, 1.82) is 0 Å². The summed E-state index contributed by atoms with van der Waals surface area (Å²) >= 11 is 0. The van der Waals surface area contributed by atoms with E-state index in [4.69, 9.17) is 0 Å². The van der Waals surface area contributed by atoms with Gasteiger partial charge in [-0.1, -0.05) is 6.92 Å². The van der Waals surface area contributed by atoms with Gasteiger partial charge in [-0.3, -0.25) is 4.98 Å². The minimum absolute atomic E-state index is 0.510. The number of nitrogens with zero attached hydrogens (tertiary/aromatic N) is 3. The number of rotatable bonds is 2. The van der Waals surface area contributed by atoms with E-state index in [0.29, 0.717) is 13.1 Å². The van der Waals surface area contributed by atoms with Gasteiger partial charge in [0.05, 0.1) is 24.4 Å². The highest BCUT2D eigenvalue weighted by atomic mass is 16.3. The van der Waals surface area contributed by atoms with E-state index in [1.54, 1.807) is 12.4 Å². The fraction of sp³-hybridized carbons (Fsp3) is 0.600. The summed E-state index contributed by atoms with van der Waals surface area (Å²) in [6, 6.07) is 0. The van der Waals surface area contributed by atoms with Crippen LogP contribution in [0.15, 0.2) is 12.4 Å². The molecule has 0 aromatic carbocycles. The van der Waals surface area contributed by atoms with Crippen molar-refractivity contribution in [3.05, 3.63) is 18.1 Å². The van der Waals surface area contributed by atoms with Crippen molar-refractivity contribution in [2.24, 2.45) is 0 Å². The Balaban J connectivity index is 2.10. The first-order valence-corrected chi connectivity index (χ1v) is 4.89. The number of hydrogen-bond acceptors (Lipinski definition) is 4. The molecule has 76 valence electrons. The quantitative estimate of drug-likeness (QED) is 0.753. The van der Waals surface area contributed by atoms with Crippen LogP contribution in [-0.2, 0) is 0 Å². The monoisotopic (exact) mass is 193 g/mol. The molecule has 14 heavy (non-hydrogen) atoms. The van der Waals surface area contributed by atoms with Crippen LogP contribution in [0.5, 0.6) is 0 Å². The first-order chi connectivity index (χ1) is 6.64. The van der Waals surface area contributed by atoms with Crippen LogP contribution in [0.4, 0.5) is 5.82 Å². The van der Waals surface area contributed by atoms with E-state index in [9.17, 15) is 5.11 Å². The van der Waals surface area contributed by atoms with Gasteiger partial charge in [0.15, 0.2) is 0 Å². The Hall–Kier alpha value is -1.16. The maximum Gasteiger partial charge on any atom is 0.150 e. The predicted octanol–water partition coefficient (Wildman–Crippen LogP) is 0.746. The summed E-state index contributed by atoms with van der Waals surface area (Å²) < 4.78 is 0. The van der Waals surface area contributed by atoms with Gasteiger partial charge < -0.3 is 10.0 Å². The number of aromatic nitrogens is 2. The zero-order valence-corrected chi connectivity index (χ0v) is 8.56. The molecule has 0 aliphatic carbocycles. The molecule has 0 unspecified atom stereocenters. The lowest BCUT2D eigenvalue weighted by molar-refractivity contribution is 0.00796. The Morgan fingerprint density at radius 3 is 2.64 bits per heavy atom. The Morgan fingerprint density at radius 1 is 1.43 bits per heavy atom. The average molecular weight is 193 g/mol. The number of hydrogen-bond donors (Lipinski definition) is 1. The van der Waals surface area contributed by atoms with Crippen LogP contribution in [-0.4, -0.2) is 33.8 Å². The number of β-amino-alcohol motifs (C(OH)–C–C–N with tert-alkyl or cyclic N) is 1. The largest absolute Gasteiger partial charge is 0.386 e. The molecule has 0 bridgehead atoms. The minimum atomic E-state index is -0.510. The van der Waals surface area contributed by atoms with Crippen LogP contribution < -0.4 is 4.90 Å². The lowest BCUT2D eigenvalue weighted by Crippen LogP contribution is -2.62. The van der Waals surface area contributed by atoms with Crippen molar-refractivity contribution >= 4 is 5.82 Å². The molecule has 0 amide bonds. The van der Waals surface area contributed by atoms with Crippen LogP contribution in [0.25, 0.3) is 0 Å². The molecule has 1 aromatic rings. The third kappa shape index (κ3) is 1.46. The molecular formula is C10H15N3O. The maximum absolute atomic E-state index is 9.85. The molecule has 0 radical (unpaired) electrons. The molecule has 0 saturated carbocycles. The van der Waals surface area contributed by atoms with Gasteiger partial charge in [-0.15, -0.1) is 0 Å². The predicted molar refractivity (Wildman–Crippen MR) is 54.2 cm³/mol. The molecule has 1 aromatic heterocycles. The fourth-order valence-electron chi connectivity index (χ4n) is 1.75. The third-order valence-electron chi connectivity index (χ3n) is 2.78. The van der Waals surface area contributed by atoms with Gasteiger partial charge in [-0.25, -0.2) is 4.98 Å². The summed E-state index contributed by atoms with van der Waals surface area (Å²) in [6.45, 7) is 5.28. The van der Waals surface area contributed by atoms with Crippen molar-refractivity contribution in [1.82, 2.24) is 9.97 Å². The van der Waals surface area contributed by atoms with Crippen molar-refractivity contribution in [2.45, 2.75) is 25.9 Å². The van der Waals surface area contributed by atoms with Gasteiger partial charge in [-0.2, -0.15) is 0 Å². The van der Waals surface area contributed by atoms with Gasteiger partial charge >= 0.3 is 0 Å². The van der Waals surface area contributed by atoms with Gasteiger partial charge in [0, 0.05) is 12.4 Å². The number of aryl methyl sites for hydroxylation is 1. The molecule has 4 nitrogen and oxygen atoms in total. The molecule has 2 heterocycles. The smallest absolute Gasteiger partial charge is 0.150 e. The molecule has 1 fully saturated rings. The Labute approximate surface area is 83.6 Å². The summed E-state index contributed by atoms with van der Waals surface area (Å²) in [5.41, 5.74) is 0.412. The lowest BCUT2D eigenvalue weighted by atomic mass is 9.91. The van der Waals surface area contributed by atoms with Gasteiger partial charge in [-0.05, 0) is 13.3 Å². The first kappa shape index (κ1) is 9.40. The van der Waals surface area contributed by atoms with E-state index in [1.165, 1.54) is 0 Å². The summed E-state index contributed by atoms with van der Waals surface area (Å²) in [7, 11) is 0. The molecule has 0 spiro atoms. The summed E-state index contributed by atoms with van der Waals surface area (Å²) in [6.07, 6.45) is 4.17. The average Bonchev–Trinajstić information content (AvgIpc) is 2.14. The van der Waals surface area contributed by atoms with Crippen LogP contribution >= 0.6 is 0 Å². The topological polar surface area (TPSA) is 49.2 Å². The molecular weight excluding hydrogens is 178 g/mol. The fourth-order valence-corrected chi connectivity index (χ4v) is 1.75. The van der Waals surface area contributed by atoms with Gasteiger partial charge in [0.25, 0.3) is 0 Å². The zero-order valence-electron chi connectivity index (χ0n) is 8.56. The zero-order chi connectivity index (χ0) is 10.2. The van der Waals surface area contributed by atoms with E-state index in [2.05, 4.69) is 14.9 Å². The highest BCUT2D eigenvalue weighted by Gasteiger charge is 2.40. The first-order valence-electron chi connectivity index (χ1n) is 4.89. The second kappa shape index (κ2) is 3.20. The minimum Gasteiger partial charge on any atom is -0.386 e. The third-order valence-corrected chi connectivity index (χ3v) is 2.78. The normalized spacial score (nSPS) is 19.2. The highest BCUT2D eigenvalue weighted by Crippen LogP contribution is 2.29. The number of aliphatic hydroxyl groups is 1. The molecule has 0 atom stereocenters. The molecule has 1 aliphatic rings. The van der Waals surface area contributed by atoms with E-state index in [-0.39, 0.29) is 0 Å². The molecule has 4 heteroatoms. The summed E-state index contributed by atoms with van der Waals surface area (Å²) in [5, 5.41) is 9.85. The van der Waals surface area contributed by atoms with Crippen LogP contribution in [0.1, 0.15) is 19.0 Å².